The van der Waals surface area contributed by atoms with Crippen molar-refractivity contribution in [2.24, 2.45) is 5.92 Å². The number of amides is 1. The lowest BCUT2D eigenvalue weighted by Crippen LogP contribution is -2.42. The molecule has 1 aliphatic carbocycles. The van der Waals surface area contributed by atoms with Gasteiger partial charge >= 0.3 is 5.97 Å². The quantitative estimate of drug-likeness (QED) is 0.703. The molecule has 21 heavy (non-hydrogen) atoms. The van der Waals surface area contributed by atoms with E-state index in [1.807, 2.05) is 0 Å². The van der Waals surface area contributed by atoms with Gasteiger partial charge in [-0.1, -0.05) is 26.2 Å². The van der Waals surface area contributed by atoms with Crippen LogP contribution in [0.15, 0.2) is 0 Å². The summed E-state index contributed by atoms with van der Waals surface area (Å²) < 4.78 is 22.8. The third kappa shape index (κ3) is 6.93. The van der Waals surface area contributed by atoms with Crippen molar-refractivity contribution >= 4 is 21.7 Å². The molecule has 1 rings (SSSR count). The van der Waals surface area contributed by atoms with Gasteiger partial charge in [0.15, 0.2) is 0 Å². The maximum atomic E-state index is 11.9. The lowest BCUT2D eigenvalue weighted by Gasteiger charge is -2.22. The van der Waals surface area contributed by atoms with Crippen molar-refractivity contribution in [3.05, 3.63) is 0 Å². The summed E-state index contributed by atoms with van der Waals surface area (Å²) >= 11 is 0. The molecular formula is C14H25NO5S. The molecule has 0 aromatic heterocycles. The minimum atomic E-state index is -3.23. The molecule has 0 aliphatic heterocycles. The number of hydrogen-bond acceptors (Lipinski definition) is 4. The Morgan fingerprint density at radius 2 is 1.86 bits per heavy atom. The first-order chi connectivity index (χ1) is 9.84. The number of carboxylic acids is 1. The maximum Gasteiger partial charge on any atom is 0.326 e. The number of carbonyl (C=O) groups excluding carboxylic acids is 1. The third-order valence-electron chi connectivity index (χ3n) is 3.99. The maximum absolute atomic E-state index is 11.9. The minimum Gasteiger partial charge on any atom is -0.480 e. The molecule has 1 aliphatic rings. The second-order valence-corrected chi connectivity index (χ2v) is 8.16. The first-order valence-electron chi connectivity index (χ1n) is 7.56. The van der Waals surface area contributed by atoms with Crippen molar-refractivity contribution in [2.75, 3.05) is 11.5 Å². The van der Waals surface area contributed by atoms with Gasteiger partial charge in [0.1, 0.15) is 15.9 Å². The van der Waals surface area contributed by atoms with Gasteiger partial charge in [-0.25, -0.2) is 13.2 Å². The van der Waals surface area contributed by atoms with Crippen LogP contribution in [-0.2, 0) is 19.4 Å². The van der Waals surface area contributed by atoms with Gasteiger partial charge in [0.2, 0.25) is 5.91 Å². The Balaban J connectivity index is 2.45. The summed E-state index contributed by atoms with van der Waals surface area (Å²) in [6, 6.07) is -1.12. The number of sulfone groups is 1. The number of aliphatic carboxylic acids is 1. The molecule has 0 spiro atoms. The van der Waals surface area contributed by atoms with E-state index in [0.29, 0.717) is 12.3 Å². The Labute approximate surface area is 126 Å². The van der Waals surface area contributed by atoms with Gasteiger partial charge in [0.25, 0.3) is 0 Å². The third-order valence-corrected chi connectivity index (χ3v) is 5.73. The molecule has 1 atom stereocenters. The van der Waals surface area contributed by atoms with Gasteiger partial charge in [0.05, 0.1) is 5.75 Å². The van der Waals surface area contributed by atoms with Crippen LogP contribution in [0.25, 0.3) is 0 Å². The van der Waals surface area contributed by atoms with Crippen molar-refractivity contribution in [1.82, 2.24) is 5.32 Å². The van der Waals surface area contributed by atoms with Gasteiger partial charge in [-0.15, -0.1) is 0 Å². The molecule has 1 fully saturated rings. The fourth-order valence-electron chi connectivity index (χ4n) is 2.61. The van der Waals surface area contributed by atoms with Crippen molar-refractivity contribution in [1.29, 1.82) is 0 Å². The molecule has 0 aromatic carbocycles. The van der Waals surface area contributed by atoms with Gasteiger partial charge in [-0.2, -0.15) is 0 Å². The van der Waals surface area contributed by atoms with E-state index in [2.05, 4.69) is 5.32 Å². The number of carbonyl (C=O) groups is 2. The summed E-state index contributed by atoms with van der Waals surface area (Å²) in [5.41, 5.74) is 0. The summed E-state index contributed by atoms with van der Waals surface area (Å²) in [6.45, 7) is 1.52. The summed E-state index contributed by atoms with van der Waals surface area (Å²) in [5, 5.41) is 11.5. The zero-order valence-corrected chi connectivity index (χ0v) is 13.3. The van der Waals surface area contributed by atoms with Crippen LogP contribution in [0.5, 0.6) is 0 Å². The van der Waals surface area contributed by atoms with E-state index in [1.165, 1.54) is 13.3 Å². The molecule has 0 radical (unpaired) electrons. The van der Waals surface area contributed by atoms with Gasteiger partial charge in [0, 0.05) is 12.2 Å². The van der Waals surface area contributed by atoms with Crippen LogP contribution in [0.1, 0.15) is 51.9 Å². The minimum absolute atomic E-state index is 0.0185. The van der Waals surface area contributed by atoms with Crippen LogP contribution in [0.3, 0.4) is 0 Å². The van der Waals surface area contributed by atoms with Crippen molar-refractivity contribution in [3.8, 4) is 0 Å². The summed E-state index contributed by atoms with van der Waals surface area (Å²) in [6.07, 6.45) is 5.71. The first kappa shape index (κ1) is 17.9. The van der Waals surface area contributed by atoms with Crippen LogP contribution in [0.2, 0.25) is 0 Å². The Kier molecular flexibility index (Phi) is 7.14. The first-order valence-corrected chi connectivity index (χ1v) is 9.38. The van der Waals surface area contributed by atoms with Crippen molar-refractivity contribution in [3.63, 3.8) is 0 Å². The zero-order chi connectivity index (χ0) is 15.9. The topological polar surface area (TPSA) is 101 Å². The molecule has 122 valence electrons. The van der Waals surface area contributed by atoms with Crippen LogP contribution >= 0.6 is 0 Å². The summed E-state index contributed by atoms with van der Waals surface area (Å²) in [5.74, 6) is -1.38. The number of rotatable bonds is 8. The molecule has 1 saturated carbocycles. The predicted molar refractivity (Wildman–Crippen MR) is 79.7 cm³/mol. The van der Waals surface area contributed by atoms with Crippen LogP contribution in [0, 0.1) is 5.92 Å². The molecule has 2 N–H and O–H groups in total. The number of nitrogens with one attached hydrogen (secondary N) is 1. The highest BCUT2D eigenvalue weighted by molar-refractivity contribution is 7.91. The van der Waals surface area contributed by atoms with E-state index in [1.54, 1.807) is 0 Å². The lowest BCUT2D eigenvalue weighted by atomic mass is 9.87. The Morgan fingerprint density at radius 1 is 1.24 bits per heavy atom. The molecule has 0 bridgehead atoms. The molecule has 6 nitrogen and oxygen atoms in total. The van der Waals surface area contributed by atoms with E-state index >= 15 is 0 Å². The molecule has 1 unspecified atom stereocenters. The SMILES string of the molecule is CCS(=O)(=O)CCC(NC(=O)CC1CCCCC1)C(=O)O. The second-order valence-electron chi connectivity index (χ2n) is 5.69. The van der Waals surface area contributed by atoms with E-state index in [-0.39, 0.29) is 23.8 Å². The molecular weight excluding hydrogens is 294 g/mol. The number of carboxylic acid groups (broad SMARTS) is 1. The highest BCUT2D eigenvalue weighted by Gasteiger charge is 2.24. The van der Waals surface area contributed by atoms with Crippen molar-refractivity contribution in [2.45, 2.75) is 57.9 Å². The molecule has 7 heteroatoms. The largest absolute Gasteiger partial charge is 0.480 e. The summed E-state index contributed by atoms with van der Waals surface area (Å²) in [4.78, 5) is 23.0. The van der Waals surface area contributed by atoms with Crippen molar-refractivity contribution < 1.29 is 23.1 Å². The Morgan fingerprint density at radius 3 is 2.38 bits per heavy atom. The average Bonchev–Trinajstić information content (AvgIpc) is 2.44. The molecule has 0 aromatic rings. The smallest absolute Gasteiger partial charge is 0.326 e. The number of hydrogen-bond donors (Lipinski definition) is 2. The fraction of sp³-hybridized carbons (Fsp3) is 0.857. The average molecular weight is 319 g/mol. The zero-order valence-electron chi connectivity index (χ0n) is 12.5. The standard InChI is InChI=1S/C14H25NO5S/c1-2-21(19,20)9-8-12(14(17)18)15-13(16)10-11-6-4-3-5-7-11/h11-12H,2-10H2,1H3,(H,15,16)(H,17,18). The van der Waals surface area contributed by atoms with E-state index in [9.17, 15) is 18.0 Å². The normalized spacial score (nSPS) is 18.1. The molecule has 0 saturated heterocycles. The molecule has 1 amide bonds. The van der Waals surface area contributed by atoms with E-state index in [4.69, 9.17) is 5.11 Å². The molecule has 0 heterocycles. The van der Waals surface area contributed by atoms with E-state index < -0.39 is 21.8 Å². The van der Waals surface area contributed by atoms with Crippen LogP contribution in [-0.4, -0.2) is 42.9 Å². The highest BCUT2D eigenvalue weighted by atomic mass is 32.2. The van der Waals surface area contributed by atoms with Crippen LogP contribution in [0.4, 0.5) is 0 Å². The Bertz CT molecular complexity index is 454. The van der Waals surface area contributed by atoms with E-state index in [0.717, 1.165) is 25.7 Å². The predicted octanol–water partition coefficient (Wildman–Crippen LogP) is 1.35. The van der Waals surface area contributed by atoms with Gasteiger partial charge < -0.3 is 10.4 Å². The summed E-state index contributed by atoms with van der Waals surface area (Å²) in [7, 11) is -3.23. The highest BCUT2D eigenvalue weighted by Crippen LogP contribution is 2.26. The second kappa shape index (κ2) is 8.36. The Hall–Kier alpha value is -1.11. The van der Waals surface area contributed by atoms with Crippen LogP contribution < -0.4 is 5.32 Å². The monoisotopic (exact) mass is 319 g/mol. The fourth-order valence-corrected chi connectivity index (χ4v) is 3.49. The lowest BCUT2D eigenvalue weighted by molar-refractivity contribution is -0.142. The van der Waals surface area contributed by atoms with Gasteiger partial charge in [-0.05, 0) is 25.2 Å². The van der Waals surface area contributed by atoms with Gasteiger partial charge in [-0.3, -0.25) is 4.79 Å².